The molecule has 0 aliphatic rings. The van der Waals surface area contributed by atoms with E-state index in [0.717, 1.165) is 32.6 Å². The van der Waals surface area contributed by atoms with Gasteiger partial charge in [0, 0.05) is 71.4 Å². The summed E-state index contributed by atoms with van der Waals surface area (Å²) < 4.78 is 0. The van der Waals surface area contributed by atoms with E-state index in [2.05, 4.69) is 30.6 Å². The minimum Gasteiger partial charge on any atom is -0.398 e. The van der Waals surface area contributed by atoms with Crippen LogP contribution in [0.1, 0.15) is 14.9 Å². The Morgan fingerprint density at radius 2 is 0.973 bits per heavy atom. The zero-order chi connectivity index (χ0) is 23.8. The summed E-state index contributed by atoms with van der Waals surface area (Å²) in [7, 11) is 0. The van der Waals surface area contributed by atoms with E-state index in [1.54, 1.807) is 36.9 Å². The molecule has 0 saturated carbocycles. The predicted molar refractivity (Wildman–Crippen MR) is 143 cm³/mol. The number of anilines is 1. The maximum Gasteiger partial charge on any atom is 0.278 e. The van der Waals surface area contributed by atoms with Gasteiger partial charge < -0.3 is 5.73 Å². The zero-order valence-electron chi connectivity index (χ0n) is 18.3. The van der Waals surface area contributed by atoms with Crippen molar-refractivity contribution in [3.05, 3.63) is 108 Å². The Kier molecular flexibility index (Phi) is 12.7. The molecule has 37 heavy (non-hydrogen) atoms. The van der Waals surface area contributed by atoms with E-state index in [1.807, 2.05) is 42.5 Å². The van der Waals surface area contributed by atoms with E-state index < -0.39 is 4.92 Å². The number of aromatic nitrogens is 6. The fourth-order valence-electron chi connectivity index (χ4n) is 3.16. The molecule has 2 N–H and O–H groups in total. The smallest absolute Gasteiger partial charge is 0.278 e. The second-order valence-corrected chi connectivity index (χ2v) is 6.98. The quantitative estimate of drug-likeness (QED) is 0.150. The summed E-state index contributed by atoms with van der Waals surface area (Å²) in [5, 5.41) is 38.3. The van der Waals surface area contributed by atoms with Crippen molar-refractivity contribution >= 4 is 43.7 Å². The standard InChI is InChI=1S/C8H5N3O2.C8H7N3.C8H6N2.2CH4.Y/c12-11(13)8-3-1-2-6-4-9-10-5-7(6)8;9-8-3-1-2-6-4-10-11-5-7(6)8;1-2-4-8-6-10-9-5-7(8)3-1;;;/h1-5H;1-5H,9H2;1-6H;2*1H4;. The Labute approximate surface area is 239 Å². The molecule has 0 saturated heterocycles. The van der Waals surface area contributed by atoms with Crippen molar-refractivity contribution in [1.82, 2.24) is 30.6 Å². The maximum atomic E-state index is 10.6. The van der Waals surface area contributed by atoms with Gasteiger partial charge in [-0.1, -0.05) is 63.4 Å². The van der Waals surface area contributed by atoms with Crippen LogP contribution in [-0.4, -0.2) is 35.5 Å². The van der Waals surface area contributed by atoms with Crippen molar-refractivity contribution < 1.29 is 37.6 Å². The van der Waals surface area contributed by atoms with Gasteiger partial charge in [-0.3, -0.25) is 10.1 Å². The first-order chi connectivity index (χ1) is 16.6. The number of nitrogens with zero attached hydrogens (tertiary/aromatic N) is 7. The summed E-state index contributed by atoms with van der Waals surface area (Å²) in [6.45, 7) is 0. The van der Waals surface area contributed by atoms with Gasteiger partial charge in [-0.2, -0.15) is 30.6 Å². The van der Waals surface area contributed by atoms with Gasteiger partial charge in [0.05, 0.1) is 47.5 Å². The summed E-state index contributed by atoms with van der Waals surface area (Å²) in [6.07, 6.45) is 9.79. The molecule has 11 heteroatoms. The van der Waals surface area contributed by atoms with E-state index in [1.165, 1.54) is 18.5 Å². The number of fused-ring (bicyclic) bond motifs is 3. The van der Waals surface area contributed by atoms with Crippen molar-refractivity contribution in [2.24, 2.45) is 0 Å². The third kappa shape index (κ3) is 7.99. The van der Waals surface area contributed by atoms with Crippen LogP contribution in [-0.2, 0) is 32.7 Å². The second kappa shape index (κ2) is 15.2. The minimum absolute atomic E-state index is 0. The molecule has 3 heterocycles. The normalized spacial score (nSPS) is 9.30. The Balaban J connectivity index is 0.000000269. The first kappa shape index (κ1) is 31.0. The molecule has 0 aliphatic heterocycles. The molecule has 3 aromatic carbocycles. The molecule has 0 aliphatic carbocycles. The molecule has 1 radical (unpaired) electrons. The van der Waals surface area contributed by atoms with Crippen molar-refractivity contribution in [3.8, 4) is 0 Å². The van der Waals surface area contributed by atoms with Crippen LogP contribution in [0.25, 0.3) is 32.3 Å². The van der Waals surface area contributed by atoms with Crippen LogP contribution in [0.3, 0.4) is 0 Å². The average molecular weight is 571 g/mol. The number of nitro groups is 1. The summed E-state index contributed by atoms with van der Waals surface area (Å²) in [6, 6.07) is 18.6. The van der Waals surface area contributed by atoms with Gasteiger partial charge >= 0.3 is 0 Å². The first-order valence-electron chi connectivity index (χ1n) is 10.1. The maximum absolute atomic E-state index is 10.6. The fraction of sp³-hybridized carbons (Fsp3) is 0.0769. The molecule has 0 unspecified atom stereocenters. The number of non-ortho nitro benzene ring substituents is 1. The van der Waals surface area contributed by atoms with Crippen LogP contribution in [0.2, 0.25) is 0 Å². The van der Waals surface area contributed by atoms with Crippen LogP contribution < -0.4 is 5.73 Å². The SMILES string of the molecule is C.C.Nc1cccc2cnncc12.O=[N+]([O-])c1cccc2cnncc12.[Y].c1ccc2cnncc2c1. The van der Waals surface area contributed by atoms with Gasteiger partial charge in [0.2, 0.25) is 0 Å². The Morgan fingerprint density at radius 1 is 0.568 bits per heavy atom. The van der Waals surface area contributed by atoms with Crippen LogP contribution in [0, 0.1) is 10.1 Å². The molecule has 10 nitrogen and oxygen atoms in total. The summed E-state index contributed by atoms with van der Waals surface area (Å²) in [5.74, 6) is 0. The zero-order valence-corrected chi connectivity index (χ0v) is 21.2. The number of nitro benzene ring substituents is 1. The van der Waals surface area contributed by atoms with E-state index >= 15 is 0 Å². The van der Waals surface area contributed by atoms with E-state index in [0.29, 0.717) is 5.39 Å². The monoisotopic (exact) mass is 571 g/mol. The molecule has 0 atom stereocenters. The van der Waals surface area contributed by atoms with E-state index in [4.69, 9.17) is 5.73 Å². The van der Waals surface area contributed by atoms with Gasteiger partial charge in [0.25, 0.3) is 5.69 Å². The van der Waals surface area contributed by atoms with Crippen molar-refractivity contribution in [1.29, 1.82) is 0 Å². The van der Waals surface area contributed by atoms with Gasteiger partial charge in [-0.15, -0.1) is 0 Å². The summed E-state index contributed by atoms with van der Waals surface area (Å²) in [4.78, 5) is 10.1. The van der Waals surface area contributed by atoms with Crippen LogP contribution >= 0.6 is 0 Å². The number of benzene rings is 3. The average Bonchev–Trinajstić information content (AvgIpc) is 2.89. The molecular formula is C26H26N8O2Y. The van der Waals surface area contributed by atoms with Crippen molar-refractivity contribution in [2.75, 3.05) is 5.73 Å². The second-order valence-electron chi connectivity index (χ2n) is 6.98. The molecule has 0 fully saturated rings. The summed E-state index contributed by atoms with van der Waals surface area (Å²) in [5.41, 5.74) is 6.50. The molecular weight excluding hydrogens is 545 g/mol. The third-order valence-corrected chi connectivity index (χ3v) is 4.84. The number of nitrogen functional groups attached to an aromatic ring is 1. The number of rotatable bonds is 1. The molecule has 0 amide bonds. The molecule has 185 valence electrons. The van der Waals surface area contributed by atoms with Gasteiger partial charge in [-0.05, 0) is 6.07 Å². The topological polar surface area (TPSA) is 146 Å². The predicted octanol–water partition coefficient (Wildman–Crippen LogP) is 5.65. The van der Waals surface area contributed by atoms with Crippen molar-refractivity contribution in [3.63, 3.8) is 0 Å². The molecule has 6 rings (SSSR count). The first-order valence-corrected chi connectivity index (χ1v) is 10.1. The van der Waals surface area contributed by atoms with E-state index in [-0.39, 0.29) is 53.2 Å². The minimum atomic E-state index is -0.427. The van der Waals surface area contributed by atoms with E-state index in [9.17, 15) is 10.1 Å². The fourth-order valence-corrected chi connectivity index (χ4v) is 3.16. The van der Waals surface area contributed by atoms with Crippen LogP contribution in [0.15, 0.2) is 97.8 Å². The summed E-state index contributed by atoms with van der Waals surface area (Å²) >= 11 is 0. The Bertz CT molecular complexity index is 1510. The number of nitrogens with two attached hydrogens (primary N) is 1. The number of hydrogen-bond acceptors (Lipinski definition) is 9. The largest absolute Gasteiger partial charge is 0.398 e. The van der Waals surface area contributed by atoms with Crippen LogP contribution in [0.4, 0.5) is 11.4 Å². The van der Waals surface area contributed by atoms with Gasteiger partial charge in [0.15, 0.2) is 0 Å². The molecule has 0 spiro atoms. The third-order valence-electron chi connectivity index (χ3n) is 4.84. The Morgan fingerprint density at radius 3 is 1.49 bits per heavy atom. The molecule has 3 aromatic heterocycles. The molecule has 0 bridgehead atoms. The van der Waals surface area contributed by atoms with Crippen molar-refractivity contribution in [2.45, 2.75) is 14.9 Å². The Hall–Kier alpha value is -4.02. The van der Waals surface area contributed by atoms with Gasteiger partial charge in [-0.25, -0.2) is 0 Å². The number of hydrogen-bond donors (Lipinski definition) is 1. The van der Waals surface area contributed by atoms with Gasteiger partial charge in [0.1, 0.15) is 0 Å². The molecule has 6 aromatic rings. The van der Waals surface area contributed by atoms with Crippen LogP contribution in [0.5, 0.6) is 0 Å².